The second-order valence-corrected chi connectivity index (χ2v) is 5.51. The normalized spacial score (nSPS) is 18.9. The molecule has 1 aromatic carbocycles. The molecule has 5 heteroatoms. The third-order valence-electron chi connectivity index (χ3n) is 3.55. The van der Waals surface area contributed by atoms with Crippen molar-refractivity contribution < 1.29 is 9.59 Å². The van der Waals surface area contributed by atoms with Gasteiger partial charge in [-0.05, 0) is 31.2 Å². The van der Waals surface area contributed by atoms with E-state index < -0.39 is 0 Å². The quantitative estimate of drug-likeness (QED) is 0.866. The molecule has 1 aliphatic heterocycles. The molecule has 0 aromatic heterocycles. The van der Waals surface area contributed by atoms with Crippen molar-refractivity contribution in [3.63, 3.8) is 0 Å². The maximum Gasteiger partial charge on any atom is 0.223 e. The molecule has 2 rings (SSSR count). The first-order chi connectivity index (χ1) is 9.58. The van der Waals surface area contributed by atoms with Gasteiger partial charge in [-0.3, -0.25) is 9.59 Å². The number of benzene rings is 1. The van der Waals surface area contributed by atoms with Gasteiger partial charge in [0.25, 0.3) is 0 Å². The van der Waals surface area contributed by atoms with E-state index in [1.54, 1.807) is 24.3 Å². The first-order valence-corrected chi connectivity index (χ1v) is 7.24. The fourth-order valence-electron chi connectivity index (χ4n) is 2.36. The maximum atomic E-state index is 12.1. The lowest BCUT2D eigenvalue weighted by Crippen LogP contribution is -2.52. The van der Waals surface area contributed by atoms with Gasteiger partial charge in [0, 0.05) is 49.1 Å². The summed E-state index contributed by atoms with van der Waals surface area (Å²) in [6.07, 6.45) is 0.517. The van der Waals surface area contributed by atoms with Crippen LogP contribution < -0.4 is 5.32 Å². The van der Waals surface area contributed by atoms with Crippen molar-refractivity contribution in [2.24, 2.45) is 0 Å². The molecule has 1 atom stereocenters. The van der Waals surface area contributed by atoms with Gasteiger partial charge in [0.05, 0.1) is 0 Å². The van der Waals surface area contributed by atoms with E-state index in [0.29, 0.717) is 10.6 Å². The summed E-state index contributed by atoms with van der Waals surface area (Å²) in [4.78, 5) is 26.0. The van der Waals surface area contributed by atoms with Gasteiger partial charge >= 0.3 is 0 Å². The number of rotatable bonds is 4. The van der Waals surface area contributed by atoms with E-state index in [2.05, 4.69) is 5.32 Å². The van der Waals surface area contributed by atoms with Gasteiger partial charge in [-0.1, -0.05) is 11.6 Å². The molecule has 1 heterocycles. The Morgan fingerprint density at radius 3 is 2.65 bits per heavy atom. The molecular formula is C15H19ClN2O2. The number of hydrogen-bond donors (Lipinski definition) is 1. The number of carbonyl (C=O) groups excluding carboxylic acids is 2. The predicted octanol–water partition coefficient (Wildman–Crippen LogP) is 2.12. The van der Waals surface area contributed by atoms with E-state index in [4.69, 9.17) is 11.6 Å². The lowest BCUT2D eigenvalue weighted by atomic mass is 10.1. The van der Waals surface area contributed by atoms with Gasteiger partial charge in [-0.15, -0.1) is 0 Å². The van der Waals surface area contributed by atoms with Crippen LogP contribution in [0.25, 0.3) is 0 Å². The predicted molar refractivity (Wildman–Crippen MR) is 79.1 cm³/mol. The van der Waals surface area contributed by atoms with E-state index in [1.807, 2.05) is 11.8 Å². The highest BCUT2D eigenvalue weighted by molar-refractivity contribution is 6.30. The van der Waals surface area contributed by atoms with Crippen LogP contribution in [0.4, 0.5) is 0 Å². The number of nitrogens with one attached hydrogen (secondary N) is 1. The number of ketones is 1. The van der Waals surface area contributed by atoms with Gasteiger partial charge in [0.1, 0.15) is 0 Å². The summed E-state index contributed by atoms with van der Waals surface area (Å²) >= 11 is 5.78. The Bertz CT molecular complexity index is 487. The van der Waals surface area contributed by atoms with Crippen LogP contribution in [0.2, 0.25) is 5.02 Å². The minimum absolute atomic E-state index is 0.0159. The maximum absolute atomic E-state index is 12.1. The number of piperazine rings is 1. The van der Waals surface area contributed by atoms with Crippen molar-refractivity contribution in [3.8, 4) is 0 Å². The number of amides is 1. The third kappa shape index (κ3) is 3.81. The van der Waals surface area contributed by atoms with Crippen molar-refractivity contribution in [2.75, 3.05) is 19.6 Å². The largest absolute Gasteiger partial charge is 0.337 e. The zero-order chi connectivity index (χ0) is 14.5. The molecule has 0 radical (unpaired) electrons. The Kier molecular flexibility index (Phi) is 5.15. The highest BCUT2D eigenvalue weighted by atomic mass is 35.5. The molecule has 108 valence electrons. The van der Waals surface area contributed by atoms with Crippen LogP contribution in [-0.2, 0) is 4.79 Å². The summed E-state index contributed by atoms with van der Waals surface area (Å²) in [7, 11) is 0. The fourth-order valence-corrected chi connectivity index (χ4v) is 2.48. The van der Waals surface area contributed by atoms with Crippen LogP contribution in [0.1, 0.15) is 30.1 Å². The Morgan fingerprint density at radius 2 is 2.00 bits per heavy atom. The molecule has 1 aliphatic rings. The van der Waals surface area contributed by atoms with Crippen molar-refractivity contribution in [1.29, 1.82) is 0 Å². The van der Waals surface area contributed by atoms with Gasteiger partial charge in [0.2, 0.25) is 5.91 Å². The van der Waals surface area contributed by atoms with Crippen LogP contribution in [0.3, 0.4) is 0 Å². The summed E-state index contributed by atoms with van der Waals surface area (Å²) in [5.41, 5.74) is 0.607. The monoisotopic (exact) mass is 294 g/mol. The first-order valence-electron chi connectivity index (χ1n) is 6.87. The molecule has 0 bridgehead atoms. The molecule has 1 fully saturated rings. The van der Waals surface area contributed by atoms with E-state index in [9.17, 15) is 9.59 Å². The molecule has 0 unspecified atom stereocenters. The van der Waals surface area contributed by atoms with Crippen molar-refractivity contribution >= 4 is 23.3 Å². The Hall–Kier alpha value is -1.39. The Balaban J connectivity index is 1.86. The van der Waals surface area contributed by atoms with Gasteiger partial charge < -0.3 is 10.2 Å². The average Bonchev–Trinajstić information content (AvgIpc) is 2.45. The summed E-state index contributed by atoms with van der Waals surface area (Å²) in [5, 5.41) is 3.85. The SMILES string of the molecule is C[C@H]1CNCCN1C(=O)CCC(=O)c1ccc(Cl)cc1. The standard InChI is InChI=1S/C15H19ClN2O2/c1-11-10-17-8-9-18(11)15(20)7-6-14(19)12-2-4-13(16)5-3-12/h2-5,11,17H,6-10H2,1H3/t11-/m0/s1. The molecule has 1 amide bonds. The van der Waals surface area contributed by atoms with Crippen molar-refractivity contribution in [1.82, 2.24) is 10.2 Å². The smallest absolute Gasteiger partial charge is 0.223 e. The van der Waals surface area contributed by atoms with Crippen LogP contribution in [0.15, 0.2) is 24.3 Å². The van der Waals surface area contributed by atoms with Crippen molar-refractivity contribution in [2.45, 2.75) is 25.8 Å². The zero-order valence-electron chi connectivity index (χ0n) is 11.6. The molecule has 1 saturated heterocycles. The number of nitrogens with zero attached hydrogens (tertiary/aromatic N) is 1. The van der Waals surface area contributed by atoms with E-state index in [-0.39, 0.29) is 30.6 Å². The summed E-state index contributed by atoms with van der Waals surface area (Å²) < 4.78 is 0. The molecule has 20 heavy (non-hydrogen) atoms. The van der Waals surface area contributed by atoms with E-state index in [1.165, 1.54) is 0 Å². The minimum atomic E-state index is -0.0159. The van der Waals surface area contributed by atoms with Gasteiger partial charge in [0.15, 0.2) is 5.78 Å². The Labute approximate surface area is 124 Å². The number of hydrogen-bond acceptors (Lipinski definition) is 3. The molecule has 0 aliphatic carbocycles. The van der Waals surface area contributed by atoms with Crippen LogP contribution in [0, 0.1) is 0 Å². The summed E-state index contributed by atoms with van der Waals surface area (Å²) in [6.45, 7) is 4.37. The van der Waals surface area contributed by atoms with E-state index in [0.717, 1.165) is 19.6 Å². The fraction of sp³-hybridized carbons (Fsp3) is 0.467. The molecular weight excluding hydrogens is 276 g/mol. The molecule has 0 saturated carbocycles. The lowest BCUT2D eigenvalue weighted by Gasteiger charge is -2.34. The second-order valence-electron chi connectivity index (χ2n) is 5.07. The lowest BCUT2D eigenvalue weighted by molar-refractivity contribution is -0.133. The Morgan fingerprint density at radius 1 is 1.30 bits per heavy atom. The summed E-state index contributed by atoms with van der Waals surface area (Å²) in [5.74, 6) is 0.0408. The number of halogens is 1. The zero-order valence-corrected chi connectivity index (χ0v) is 12.3. The van der Waals surface area contributed by atoms with Gasteiger partial charge in [-0.2, -0.15) is 0 Å². The van der Waals surface area contributed by atoms with Crippen LogP contribution in [-0.4, -0.2) is 42.3 Å². The summed E-state index contributed by atoms with van der Waals surface area (Å²) in [6, 6.07) is 6.97. The number of Topliss-reactive ketones (excluding diaryl/α,β-unsaturated/α-hetero) is 1. The van der Waals surface area contributed by atoms with Gasteiger partial charge in [-0.25, -0.2) is 0 Å². The van der Waals surface area contributed by atoms with Crippen molar-refractivity contribution in [3.05, 3.63) is 34.9 Å². The second kappa shape index (κ2) is 6.86. The highest BCUT2D eigenvalue weighted by Crippen LogP contribution is 2.13. The number of carbonyl (C=O) groups is 2. The molecule has 1 N–H and O–H groups in total. The molecule has 4 nitrogen and oxygen atoms in total. The average molecular weight is 295 g/mol. The first kappa shape index (κ1) is 15.0. The van der Waals surface area contributed by atoms with Crippen LogP contribution >= 0.6 is 11.6 Å². The van der Waals surface area contributed by atoms with Crippen LogP contribution in [0.5, 0.6) is 0 Å². The highest BCUT2D eigenvalue weighted by Gasteiger charge is 2.23. The molecule has 0 spiro atoms. The topological polar surface area (TPSA) is 49.4 Å². The minimum Gasteiger partial charge on any atom is -0.337 e. The van der Waals surface area contributed by atoms with E-state index >= 15 is 0 Å². The molecule has 1 aromatic rings. The third-order valence-corrected chi connectivity index (χ3v) is 3.81.